The van der Waals surface area contributed by atoms with E-state index in [0.29, 0.717) is 6.04 Å². The number of rotatable bonds is 3. The van der Waals surface area contributed by atoms with E-state index in [4.69, 9.17) is 4.74 Å². The minimum atomic E-state index is -0.211. The third kappa shape index (κ3) is 1.37. The van der Waals surface area contributed by atoms with E-state index in [1.165, 1.54) is 0 Å². The Bertz CT molecular complexity index is 162. The van der Waals surface area contributed by atoms with Crippen molar-refractivity contribution in [2.24, 2.45) is 11.8 Å². The molecule has 70 valence electrons. The maximum atomic E-state index is 9.19. The zero-order valence-corrected chi connectivity index (χ0v) is 7.73. The molecule has 3 heteroatoms. The standard InChI is InChI=1S/C9H17NO2/c1-6(11)3-10(2)9-7-4-12-5-8(7)9/h6-9,11H,3-5H2,1-2H3. The number of aliphatic hydroxyl groups is 1. The molecule has 0 aromatic heterocycles. The van der Waals surface area contributed by atoms with Crippen LogP contribution in [0.1, 0.15) is 6.92 Å². The average Bonchev–Trinajstić information content (AvgIpc) is 2.45. The minimum absolute atomic E-state index is 0.211. The maximum Gasteiger partial charge on any atom is 0.0639 e. The van der Waals surface area contributed by atoms with Crippen LogP contribution in [0.2, 0.25) is 0 Å². The van der Waals surface area contributed by atoms with Crippen LogP contribution in [-0.4, -0.2) is 49.0 Å². The molecule has 1 heterocycles. The van der Waals surface area contributed by atoms with Crippen molar-refractivity contribution in [2.45, 2.75) is 19.1 Å². The van der Waals surface area contributed by atoms with Gasteiger partial charge in [0.2, 0.25) is 0 Å². The highest BCUT2D eigenvalue weighted by molar-refractivity contribution is 5.06. The predicted octanol–water partition coefficient (Wildman–Crippen LogP) is -0.0562. The summed E-state index contributed by atoms with van der Waals surface area (Å²) in [5.74, 6) is 1.52. The highest BCUT2D eigenvalue weighted by Gasteiger charge is 2.55. The smallest absolute Gasteiger partial charge is 0.0639 e. The molecule has 2 rings (SSSR count). The quantitative estimate of drug-likeness (QED) is 0.646. The average molecular weight is 171 g/mol. The van der Waals surface area contributed by atoms with Crippen LogP contribution < -0.4 is 0 Å². The van der Waals surface area contributed by atoms with Crippen LogP contribution in [0.25, 0.3) is 0 Å². The summed E-state index contributed by atoms with van der Waals surface area (Å²) in [4.78, 5) is 2.27. The van der Waals surface area contributed by atoms with Crippen molar-refractivity contribution in [3.8, 4) is 0 Å². The summed E-state index contributed by atoms with van der Waals surface area (Å²) in [7, 11) is 2.09. The monoisotopic (exact) mass is 171 g/mol. The molecule has 1 aliphatic heterocycles. The van der Waals surface area contributed by atoms with Gasteiger partial charge in [-0.05, 0) is 14.0 Å². The summed E-state index contributed by atoms with van der Waals surface area (Å²) in [5, 5.41) is 9.19. The van der Waals surface area contributed by atoms with Gasteiger partial charge in [0.05, 0.1) is 19.3 Å². The van der Waals surface area contributed by atoms with Gasteiger partial charge in [-0.2, -0.15) is 0 Å². The normalized spacial score (nSPS) is 41.5. The maximum absolute atomic E-state index is 9.19. The number of ether oxygens (including phenoxy) is 1. The summed E-state index contributed by atoms with van der Waals surface area (Å²) < 4.78 is 5.30. The lowest BCUT2D eigenvalue weighted by atomic mass is 10.3. The van der Waals surface area contributed by atoms with Crippen LogP contribution in [0.3, 0.4) is 0 Å². The molecule has 3 atom stereocenters. The fourth-order valence-electron chi connectivity index (χ4n) is 2.40. The molecule has 3 nitrogen and oxygen atoms in total. The van der Waals surface area contributed by atoms with E-state index in [2.05, 4.69) is 11.9 Å². The first kappa shape index (κ1) is 8.48. The van der Waals surface area contributed by atoms with Gasteiger partial charge >= 0.3 is 0 Å². The van der Waals surface area contributed by atoms with Crippen molar-refractivity contribution >= 4 is 0 Å². The molecule has 3 unspecified atom stereocenters. The molecule has 1 saturated carbocycles. The van der Waals surface area contributed by atoms with Gasteiger partial charge in [-0.1, -0.05) is 0 Å². The second-order valence-corrected chi connectivity index (χ2v) is 4.14. The second kappa shape index (κ2) is 2.98. The second-order valence-electron chi connectivity index (χ2n) is 4.14. The van der Waals surface area contributed by atoms with Crippen molar-refractivity contribution in [3.05, 3.63) is 0 Å². The third-order valence-electron chi connectivity index (χ3n) is 2.97. The molecule has 1 saturated heterocycles. The van der Waals surface area contributed by atoms with Gasteiger partial charge in [0.15, 0.2) is 0 Å². The summed E-state index contributed by atoms with van der Waals surface area (Å²) in [6.45, 7) is 4.49. The van der Waals surface area contributed by atoms with E-state index in [1.54, 1.807) is 0 Å². The first-order valence-electron chi connectivity index (χ1n) is 4.66. The van der Waals surface area contributed by atoms with E-state index in [1.807, 2.05) is 6.92 Å². The molecule has 2 fully saturated rings. The Labute approximate surface area is 73.3 Å². The zero-order valence-electron chi connectivity index (χ0n) is 7.73. The molecule has 0 aromatic carbocycles. The molecule has 2 aliphatic rings. The SMILES string of the molecule is CC(O)CN(C)C1C2COCC21. The summed E-state index contributed by atoms with van der Waals surface area (Å²) in [5.41, 5.74) is 0. The largest absolute Gasteiger partial charge is 0.392 e. The van der Waals surface area contributed by atoms with Crippen molar-refractivity contribution in [2.75, 3.05) is 26.8 Å². The lowest BCUT2D eigenvalue weighted by molar-refractivity contribution is 0.100. The van der Waals surface area contributed by atoms with Crippen molar-refractivity contribution < 1.29 is 9.84 Å². The Balaban J connectivity index is 1.79. The third-order valence-corrected chi connectivity index (χ3v) is 2.97. The molecule has 0 radical (unpaired) electrons. The Kier molecular flexibility index (Phi) is 2.10. The van der Waals surface area contributed by atoms with Gasteiger partial charge in [-0.3, -0.25) is 0 Å². The first-order valence-corrected chi connectivity index (χ1v) is 4.66. The van der Waals surface area contributed by atoms with Gasteiger partial charge in [-0.15, -0.1) is 0 Å². The van der Waals surface area contributed by atoms with Crippen LogP contribution in [0.4, 0.5) is 0 Å². The molecule has 0 amide bonds. The number of aliphatic hydroxyl groups excluding tert-OH is 1. The fraction of sp³-hybridized carbons (Fsp3) is 1.00. The van der Waals surface area contributed by atoms with Crippen molar-refractivity contribution in [1.82, 2.24) is 4.90 Å². The molecular formula is C9H17NO2. The predicted molar refractivity (Wildman–Crippen MR) is 45.9 cm³/mol. The number of fused-ring (bicyclic) bond motifs is 1. The van der Waals surface area contributed by atoms with E-state index in [0.717, 1.165) is 31.6 Å². The van der Waals surface area contributed by atoms with Crippen LogP contribution >= 0.6 is 0 Å². The molecule has 1 N–H and O–H groups in total. The number of likely N-dealkylation sites (N-methyl/N-ethyl adjacent to an activating group) is 1. The molecular weight excluding hydrogens is 154 g/mol. The summed E-state index contributed by atoms with van der Waals surface area (Å²) >= 11 is 0. The van der Waals surface area contributed by atoms with E-state index in [-0.39, 0.29) is 6.10 Å². The van der Waals surface area contributed by atoms with Gasteiger partial charge in [0.25, 0.3) is 0 Å². The topological polar surface area (TPSA) is 32.7 Å². The molecule has 0 spiro atoms. The summed E-state index contributed by atoms with van der Waals surface area (Å²) in [6.07, 6.45) is -0.211. The van der Waals surface area contributed by atoms with E-state index in [9.17, 15) is 5.11 Å². The fourth-order valence-corrected chi connectivity index (χ4v) is 2.40. The molecule has 0 aromatic rings. The minimum Gasteiger partial charge on any atom is -0.392 e. The van der Waals surface area contributed by atoms with E-state index >= 15 is 0 Å². The Morgan fingerprint density at radius 1 is 1.50 bits per heavy atom. The zero-order chi connectivity index (χ0) is 8.72. The first-order chi connectivity index (χ1) is 5.70. The highest BCUT2D eigenvalue weighted by Crippen LogP contribution is 2.47. The molecule has 0 bridgehead atoms. The number of nitrogens with zero attached hydrogens (tertiary/aromatic N) is 1. The number of hydrogen-bond donors (Lipinski definition) is 1. The van der Waals surface area contributed by atoms with Gasteiger partial charge in [0.1, 0.15) is 0 Å². The highest BCUT2D eigenvalue weighted by atomic mass is 16.5. The Hall–Kier alpha value is -0.120. The van der Waals surface area contributed by atoms with Crippen LogP contribution in [0.15, 0.2) is 0 Å². The van der Waals surface area contributed by atoms with Crippen LogP contribution in [0, 0.1) is 11.8 Å². The lowest BCUT2D eigenvalue weighted by Crippen LogP contribution is -2.32. The van der Waals surface area contributed by atoms with Crippen LogP contribution in [-0.2, 0) is 4.74 Å². The number of hydrogen-bond acceptors (Lipinski definition) is 3. The Morgan fingerprint density at radius 2 is 2.08 bits per heavy atom. The summed E-state index contributed by atoms with van der Waals surface area (Å²) in [6, 6.07) is 0.688. The van der Waals surface area contributed by atoms with E-state index < -0.39 is 0 Å². The van der Waals surface area contributed by atoms with Gasteiger partial charge < -0.3 is 14.7 Å². The van der Waals surface area contributed by atoms with Crippen molar-refractivity contribution in [3.63, 3.8) is 0 Å². The van der Waals surface area contributed by atoms with Crippen LogP contribution in [0.5, 0.6) is 0 Å². The lowest BCUT2D eigenvalue weighted by Gasteiger charge is -2.20. The Morgan fingerprint density at radius 3 is 2.58 bits per heavy atom. The van der Waals surface area contributed by atoms with Crippen molar-refractivity contribution in [1.29, 1.82) is 0 Å². The van der Waals surface area contributed by atoms with Gasteiger partial charge in [-0.25, -0.2) is 0 Å². The van der Waals surface area contributed by atoms with Gasteiger partial charge in [0, 0.05) is 24.4 Å². The molecule has 1 aliphatic carbocycles. The molecule has 12 heavy (non-hydrogen) atoms.